The van der Waals surface area contributed by atoms with Crippen molar-refractivity contribution in [3.63, 3.8) is 0 Å². The Labute approximate surface area is 117 Å². The number of halogens is 1. The number of rotatable bonds is 4. The predicted octanol–water partition coefficient (Wildman–Crippen LogP) is 3.58. The zero-order valence-electron chi connectivity index (χ0n) is 10.3. The molecule has 94 valence electrons. The molecule has 1 aromatic rings. The van der Waals surface area contributed by atoms with E-state index in [1.54, 1.807) is 0 Å². The monoisotopic (exact) mass is 315 g/mol. The van der Waals surface area contributed by atoms with Crippen molar-refractivity contribution < 1.29 is 4.79 Å². The molecule has 2 atom stereocenters. The number of hydrogen-bond acceptors (Lipinski definition) is 2. The molecule has 0 aliphatic rings. The Balaban J connectivity index is 2.63. The summed E-state index contributed by atoms with van der Waals surface area (Å²) in [4.78, 5) is 11.8. The van der Waals surface area contributed by atoms with Crippen LogP contribution in [-0.4, -0.2) is 11.2 Å². The zero-order chi connectivity index (χ0) is 13.0. The second kappa shape index (κ2) is 6.45. The first-order valence-electron chi connectivity index (χ1n) is 5.65. The Morgan fingerprint density at radius 1 is 1.24 bits per heavy atom. The van der Waals surface area contributed by atoms with Gasteiger partial charge in [0.1, 0.15) is 0 Å². The van der Waals surface area contributed by atoms with Gasteiger partial charge in [0, 0.05) is 4.47 Å². The van der Waals surface area contributed by atoms with Crippen LogP contribution in [0.3, 0.4) is 0 Å². The molecule has 1 amide bonds. The van der Waals surface area contributed by atoms with E-state index in [4.69, 9.17) is 0 Å². The summed E-state index contributed by atoms with van der Waals surface area (Å²) < 4.78 is 1.04. The van der Waals surface area contributed by atoms with Crippen LogP contribution in [0.2, 0.25) is 0 Å². The first-order valence-corrected chi connectivity index (χ1v) is 6.96. The van der Waals surface area contributed by atoms with Gasteiger partial charge >= 0.3 is 0 Å². The fourth-order valence-corrected chi connectivity index (χ4v) is 1.78. The molecule has 0 aliphatic heterocycles. The van der Waals surface area contributed by atoms with E-state index in [0.29, 0.717) is 0 Å². The number of nitrogens with one attached hydrogen (secondary N) is 1. The normalized spacial score (nSPS) is 14.5. The smallest absolute Gasteiger partial charge is 0.233 e. The average Bonchev–Trinajstić information content (AvgIpc) is 2.28. The molecule has 0 spiro atoms. The van der Waals surface area contributed by atoms with E-state index in [9.17, 15) is 4.79 Å². The molecule has 0 aromatic heterocycles. The molecule has 2 unspecified atom stereocenters. The maximum Gasteiger partial charge on any atom is 0.233 e. The van der Waals surface area contributed by atoms with Crippen LogP contribution in [0.15, 0.2) is 28.7 Å². The number of carbonyl (C=O) groups is 1. The Morgan fingerprint density at radius 3 is 2.24 bits per heavy atom. The van der Waals surface area contributed by atoms with E-state index < -0.39 is 0 Å². The molecule has 0 fully saturated rings. The second-order valence-electron chi connectivity index (χ2n) is 4.47. The van der Waals surface area contributed by atoms with Crippen molar-refractivity contribution in [2.45, 2.75) is 32.1 Å². The van der Waals surface area contributed by atoms with Crippen molar-refractivity contribution in [2.24, 2.45) is 5.92 Å². The Hall–Kier alpha value is -0.480. The third kappa shape index (κ3) is 4.36. The Kier molecular flexibility index (Phi) is 5.53. The van der Waals surface area contributed by atoms with Crippen molar-refractivity contribution >= 4 is 34.5 Å². The standard InChI is InChI=1S/C13H18BrNOS/c1-8(2)12(17)13(16)15-9(3)10-4-6-11(14)7-5-10/h4-9,12,17H,1-3H3,(H,15,16). The van der Waals surface area contributed by atoms with Crippen LogP contribution in [-0.2, 0) is 4.79 Å². The van der Waals surface area contributed by atoms with Gasteiger partial charge in [-0.05, 0) is 30.5 Å². The molecular formula is C13H18BrNOS. The molecule has 0 radical (unpaired) electrons. The molecule has 2 nitrogen and oxygen atoms in total. The third-order valence-electron chi connectivity index (χ3n) is 2.63. The molecule has 0 aliphatic carbocycles. The molecule has 0 saturated carbocycles. The zero-order valence-corrected chi connectivity index (χ0v) is 12.8. The van der Waals surface area contributed by atoms with Crippen LogP contribution in [0, 0.1) is 5.92 Å². The molecule has 1 rings (SSSR count). The Morgan fingerprint density at radius 2 is 1.76 bits per heavy atom. The molecular weight excluding hydrogens is 298 g/mol. The van der Waals surface area contributed by atoms with Crippen molar-refractivity contribution in [2.75, 3.05) is 0 Å². The van der Waals surface area contributed by atoms with Gasteiger partial charge in [0.15, 0.2) is 0 Å². The summed E-state index contributed by atoms with van der Waals surface area (Å²) in [6.07, 6.45) is 0. The fourth-order valence-electron chi connectivity index (χ4n) is 1.44. The summed E-state index contributed by atoms with van der Waals surface area (Å²) in [7, 11) is 0. The van der Waals surface area contributed by atoms with Crippen LogP contribution < -0.4 is 5.32 Å². The largest absolute Gasteiger partial charge is 0.349 e. The van der Waals surface area contributed by atoms with Crippen molar-refractivity contribution in [3.8, 4) is 0 Å². The lowest BCUT2D eigenvalue weighted by molar-refractivity contribution is -0.121. The minimum Gasteiger partial charge on any atom is -0.349 e. The van der Waals surface area contributed by atoms with E-state index in [-0.39, 0.29) is 23.1 Å². The molecule has 0 heterocycles. The highest BCUT2D eigenvalue weighted by molar-refractivity contribution is 9.10. The van der Waals surface area contributed by atoms with E-state index >= 15 is 0 Å². The highest BCUT2D eigenvalue weighted by Gasteiger charge is 2.19. The maximum absolute atomic E-state index is 11.8. The number of carbonyl (C=O) groups excluding carboxylic acids is 1. The van der Waals surface area contributed by atoms with Gasteiger partial charge in [0.25, 0.3) is 0 Å². The van der Waals surface area contributed by atoms with Gasteiger partial charge in [-0.2, -0.15) is 12.6 Å². The van der Waals surface area contributed by atoms with Crippen LogP contribution in [0.25, 0.3) is 0 Å². The summed E-state index contributed by atoms with van der Waals surface area (Å²) in [5.74, 6) is 0.217. The van der Waals surface area contributed by atoms with Crippen molar-refractivity contribution in [1.29, 1.82) is 0 Å². The van der Waals surface area contributed by atoms with Crippen molar-refractivity contribution in [3.05, 3.63) is 34.3 Å². The Bertz CT molecular complexity index is 378. The number of benzene rings is 1. The minimum absolute atomic E-state index is 0.00370. The number of amides is 1. The van der Waals surface area contributed by atoms with Crippen LogP contribution >= 0.6 is 28.6 Å². The van der Waals surface area contributed by atoms with Gasteiger partial charge in [-0.3, -0.25) is 4.79 Å². The lowest BCUT2D eigenvalue weighted by Gasteiger charge is -2.19. The summed E-state index contributed by atoms with van der Waals surface area (Å²) >= 11 is 7.69. The molecule has 17 heavy (non-hydrogen) atoms. The van der Waals surface area contributed by atoms with Gasteiger partial charge in [-0.1, -0.05) is 41.9 Å². The molecule has 0 saturated heterocycles. The number of thiol groups is 1. The summed E-state index contributed by atoms with van der Waals surface area (Å²) in [5, 5.41) is 2.71. The lowest BCUT2D eigenvalue weighted by Crippen LogP contribution is -2.36. The first kappa shape index (κ1) is 14.6. The van der Waals surface area contributed by atoms with Crippen LogP contribution in [0.4, 0.5) is 0 Å². The van der Waals surface area contributed by atoms with Crippen molar-refractivity contribution in [1.82, 2.24) is 5.32 Å². The van der Waals surface area contributed by atoms with Gasteiger partial charge in [0.05, 0.1) is 11.3 Å². The topological polar surface area (TPSA) is 29.1 Å². The summed E-state index contributed by atoms with van der Waals surface area (Å²) in [5.41, 5.74) is 1.09. The third-order valence-corrected chi connectivity index (χ3v) is 3.99. The quantitative estimate of drug-likeness (QED) is 0.817. The van der Waals surface area contributed by atoms with Gasteiger partial charge in [-0.15, -0.1) is 0 Å². The highest BCUT2D eigenvalue weighted by Crippen LogP contribution is 2.17. The average molecular weight is 316 g/mol. The van der Waals surface area contributed by atoms with Gasteiger partial charge in [-0.25, -0.2) is 0 Å². The first-order chi connectivity index (χ1) is 7.91. The summed E-state index contributed by atoms with van der Waals surface area (Å²) in [6.45, 7) is 5.95. The lowest BCUT2D eigenvalue weighted by atomic mass is 10.1. The summed E-state index contributed by atoms with van der Waals surface area (Å²) in [6, 6.07) is 7.94. The van der Waals surface area contributed by atoms with E-state index in [1.165, 1.54) is 0 Å². The van der Waals surface area contributed by atoms with Gasteiger partial charge < -0.3 is 5.32 Å². The van der Waals surface area contributed by atoms with Crippen LogP contribution in [0.1, 0.15) is 32.4 Å². The maximum atomic E-state index is 11.8. The minimum atomic E-state index is -0.257. The highest BCUT2D eigenvalue weighted by atomic mass is 79.9. The SMILES string of the molecule is CC(NC(=O)C(S)C(C)C)c1ccc(Br)cc1. The molecule has 1 N–H and O–H groups in total. The fraction of sp³-hybridized carbons (Fsp3) is 0.462. The number of hydrogen-bond donors (Lipinski definition) is 2. The van der Waals surface area contributed by atoms with Gasteiger partial charge in [0.2, 0.25) is 5.91 Å². The van der Waals surface area contributed by atoms with E-state index in [1.807, 2.05) is 45.0 Å². The van der Waals surface area contributed by atoms with E-state index in [0.717, 1.165) is 10.0 Å². The van der Waals surface area contributed by atoms with E-state index in [2.05, 4.69) is 33.9 Å². The van der Waals surface area contributed by atoms with Crippen LogP contribution in [0.5, 0.6) is 0 Å². The predicted molar refractivity (Wildman–Crippen MR) is 78.3 cm³/mol. The molecule has 1 aromatic carbocycles. The second-order valence-corrected chi connectivity index (χ2v) is 5.94. The molecule has 4 heteroatoms. The molecule has 0 bridgehead atoms.